The fourth-order valence-corrected chi connectivity index (χ4v) is 2.13. The van der Waals surface area contributed by atoms with Crippen LogP contribution in [0.1, 0.15) is 0 Å². The van der Waals surface area contributed by atoms with Gasteiger partial charge in [0.2, 0.25) is 0 Å². The molecule has 1 aliphatic heterocycles. The van der Waals surface area contributed by atoms with Crippen LogP contribution in [0.2, 0.25) is 0 Å². The van der Waals surface area contributed by atoms with E-state index in [0.717, 1.165) is 26.2 Å². The maximum atomic E-state index is 9.72. The zero-order valence-corrected chi connectivity index (χ0v) is 12.7. The molecule has 0 radical (unpaired) electrons. The van der Waals surface area contributed by atoms with E-state index in [9.17, 15) is 10.2 Å². The Morgan fingerprint density at radius 2 is 1.85 bits per heavy atom. The third-order valence-electron chi connectivity index (χ3n) is 3.12. The quantitative estimate of drug-likeness (QED) is 0.729. The zero-order chi connectivity index (χ0) is 13.0. The highest BCUT2D eigenvalue weighted by atomic mass is 35.5. The molecule has 1 fully saturated rings. The number of pyridine rings is 1. The van der Waals surface area contributed by atoms with Crippen molar-refractivity contribution in [3.63, 3.8) is 0 Å². The molecule has 2 rings (SSSR count). The highest BCUT2D eigenvalue weighted by Crippen LogP contribution is 2.24. The molecule has 3 N–H and O–H groups in total. The summed E-state index contributed by atoms with van der Waals surface area (Å²) in [6, 6.07) is 3.33. The normalized spacial score (nSPS) is 17.0. The number of aromatic hydroxyl groups is 1. The molecule has 1 atom stereocenters. The van der Waals surface area contributed by atoms with Gasteiger partial charge in [0.25, 0.3) is 0 Å². The summed E-state index contributed by atoms with van der Waals surface area (Å²) in [5.74, 6) is 0.807. The number of hydrogen-bond acceptors (Lipinski definition) is 6. The number of hydrogen-bond donors (Lipinski definition) is 3. The van der Waals surface area contributed by atoms with Gasteiger partial charge < -0.3 is 20.2 Å². The van der Waals surface area contributed by atoms with Crippen molar-refractivity contribution in [2.24, 2.45) is 0 Å². The van der Waals surface area contributed by atoms with E-state index in [1.165, 1.54) is 0 Å². The van der Waals surface area contributed by atoms with Gasteiger partial charge in [0, 0.05) is 38.9 Å². The van der Waals surface area contributed by atoms with E-state index >= 15 is 0 Å². The number of β-amino-alcohol motifs (C(OH)–C–C–N with tert-alkyl or cyclic N) is 1. The summed E-state index contributed by atoms with van der Waals surface area (Å²) in [5, 5.41) is 27.9. The summed E-state index contributed by atoms with van der Waals surface area (Å²) in [4.78, 5) is 8.29. The number of aliphatic hydroxyl groups excluding tert-OH is 2. The Labute approximate surface area is 130 Å². The first kappa shape index (κ1) is 19.2. The van der Waals surface area contributed by atoms with Crippen LogP contribution in [0, 0.1) is 0 Å². The highest BCUT2D eigenvalue weighted by molar-refractivity contribution is 5.85. The van der Waals surface area contributed by atoms with Crippen LogP contribution in [0.25, 0.3) is 0 Å². The molecule has 1 aliphatic rings. The molecule has 0 aromatic carbocycles. The van der Waals surface area contributed by atoms with Gasteiger partial charge in [-0.2, -0.15) is 0 Å². The van der Waals surface area contributed by atoms with E-state index in [-0.39, 0.29) is 37.2 Å². The molecule has 1 aromatic heterocycles. The van der Waals surface area contributed by atoms with Crippen molar-refractivity contribution in [3.05, 3.63) is 18.3 Å². The van der Waals surface area contributed by atoms with Crippen LogP contribution in [0.15, 0.2) is 18.3 Å². The SMILES string of the molecule is Cl.Cl.OCC(O)CN1CCN(c2ncccc2O)CC1. The molecule has 1 unspecified atom stereocenters. The predicted octanol–water partition coefficient (Wildman–Crippen LogP) is 0.106. The Morgan fingerprint density at radius 3 is 2.40 bits per heavy atom. The molecular weight excluding hydrogens is 305 g/mol. The van der Waals surface area contributed by atoms with E-state index in [0.29, 0.717) is 12.4 Å². The van der Waals surface area contributed by atoms with Gasteiger partial charge >= 0.3 is 0 Å². The fraction of sp³-hybridized carbons (Fsp3) is 0.583. The Balaban J connectivity index is 0.00000180. The van der Waals surface area contributed by atoms with E-state index in [2.05, 4.69) is 9.88 Å². The lowest BCUT2D eigenvalue weighted by Crippen LogP contribution is -2.49. The molecule has 1 aromatic rings. The van der Waals surface area contributed by atoms with Crippen LogP contribution in [-0.2, 0) is 0 Å². The van der Waals surface area contributed by atoms with Crippen molar-refractivity contribution in [3.8, 4) is 5.75 Å². The summed E-state index contributed by atoms with van der Waals surface area (Å²) >= 11 is 0. The van der Waals surface area contributed by atoms with Crippen molar-refractivity contribution in [1.82, 2.24) is 9.88 Å². The minimum Gasteiger partial charge on any atom is -0.504 e. The van der Waals surface area contributed by atoms with E-state index < -0.39 is 6.10 Å². The molecule has 6 nitrogen and oxygen atoms in total. The van der Waals surface area contributed by atoms with Crippen molar-refractivity contribution < 1.29 is 15.3 Å². The Bertz CT molecular complexity index is 390. The van der Waals surface area contributed by atoms with E-state index in [1.807, 2.05) is 4.90 Å². The van der Waals surface area contributed by atoms with Crippen molar-refractivity contribution in [2.45, 2.75) is 6.10 Å². The highest BCUT2D eigenvalue weighted by Gasteiger charge is 2.21. The number of aliphatic hydroxyl groups is 2. The maximum absolute atomic E-state index is 9.72. The van der Waals surface area contributed by atoms with Crippen LogP contribution < -0.4 is 4.90 Å². The fourth-order valence-electron chi connectivity index (χ4n) is 2.13. The molecule has 0 spiro atoms. The van der Waals surface area contributed by atoms with Crippen LogP contribution in [0.4, 0.5) is 5.82 Å². The largest absolute Gasteiger partial charge is 0.504 e. The molecule has 1 saturated heterocycles. The van der Waals surface area contributed by atoms with Gasteiger partial charge in [-0.25, -0.2) is 4.98 Å². The molecule has 2 heterocycles. The number of piperazine rings is 1. The molecule has 20 heavy (non-hydrogen) atoms. The first-order chi connectivity index (χ1) is 8.70. The third-order valence-corrected chi connectivity index (χ3v) is 3.12. The number of halogens is 2. The van der Waals surface area contributed by atoms with Crippen molar-refractivity contribution >= 4 is 30.6 Å². The second-order valence-corrected chi connectivity index (χ2v) is 4.47. The minimum atomic E-state index is -0.681. The lowest BCUT2D eigenvalue weighted by Gasteiger charge is -2.36. The molecule has 0 bridgehead atoms. The zero-order valence-electron chi connectivity index (χ0n) is 11.1. The van der Waals surface area contributed by atoms with Gasteiger partial charge in [-0.05, 0) is 12.1 Å². The van der Waals surface area contributed by atoms with Crippen molar-refractivity contribution in [1.29, 1.82) is 0 Å². The molecular formula is C12H21Cl2N3O3. The van der Waals surface area contributed by atoms with Gasteiger partial charge in [-0.15, -0.1) is 24.8 Å². The average molecular weight is 326 g/mol. The smallest absolute Gasteiger partial charge is 0.171 e. The minimum absolute atomic E-state index is 0. The predicted molar refractivity (Wildman–Crippen MR) is 82.1 cm³/mol. The molecule has 0 amide bonds. The Kier molecular flexibility index (Phi) is 8.84. The van der Waals surface area contributed by atoms with Gasteiger partial charge in [-0.3, -0.25) is 4.90 Å². The van der Waals surface area contributed by atoms with Crippen molar-refractivity contribution in [2.75, 3.05) is 44.2 Å². The topological polar surface area (TPSA) is 80.1 Å². The lowest BCUT2D eigenvalue weighted by molar-refractivity contribution is 0.0574. The standard InChI is InChI=1S/C12H19N3O3.2ClH/c16-9-10(17)8-14-4-6-15(7-5-14)12-11(18)2-1-3-13-12;;/h1-3,10,16-18H,4-9H2;2*1H. The maximum Gasteiger partial charge on any atom is 0.171 e. The summed E-state index contributed by atoms with van der Waals surface area (Å²) in [5.41, 5.74) is 0. The first-order valence-electron chi connectivity index (χ1n) is 6.11. The molecule has 116 valence electrons. The summed E-state index contributed by atoms with van der Waals surface area (Å²) < 4.78 is 0. The first-order valence-corrected chi connectivity index (χ1v) is 6.11. The molecule has 0 aliphatic carbocycles. The number of rotatable bonds is 4. The average Bonchev–Trinajstić information content (AvgIpc) is 2.40. The number of aromatic nitrogens is 1. The summed E-state index contributed by atoms with van der Waals surface area (Å²) in [7, 11) is 0. The van der Waals surface area contributed by atoms with Crippen LogP contribution in [0.5, 0.6) is 5.75 Å². The molecule has 0 saturated carbocycles. The van der Waals surface area contributed by atoms with Gasteiger partial charge in [0.05, 0.1) is 12.7 Å². The Morgan fingerprint density at radius 1 is 1.20 bits per heavy atom. The van der Waals surface area contributed by atoms with Gasteiger partial charge in [0.1, 0.15) is 0 Å². The second kappa shape index (κ2) is 9.20. The molecule has 8 heteroatoms. The van der Waals surface area contributed by atoms with E-state index in [4.69, 9.17) is 5.11 Å². The van der Waals surface area contributed by atoms with Crippen LogP contribution >= 0.6 is 24.8 Å². The van der Waals surface area contributed by atoms with Gasteiger partial charge in [0.15, 0.2) is 11.6 Å². The van der Waals surface area contributed by atoms with E-state index in [1.54, 1.807) is 18.3 Å². The summed E-state index contributed by atoms with van der Waals surface area (Å²) in [6.45, 7) is 3.35. The number of nitrogens with zero attached hydrogens (tertiary/aromatic N) is 3. The Hall–Kier alpha value is -0.790. The summed E-state index contributed by atoms with van der Waals surface area (Å²) in [6.07, 6.45) is 0.983. The number of anilines is 1. The van der Waals surface area contributed by atoms with Crippen LogP contribution in [-0.4, -0.2) is 70.6 Å². The third kappa shape index (κ3) is 4.96. The lowest BCUT2D eigenvalue weighted by atomic mass is 10.2. The monoisotopic (exact) mass is 325 g/mol. The second-order valence-electron chi connectivity index (χ2n) is 4.47. The van der Waals surface area contributed by atoms with Crippen LogP contribution in [0.3, 0.4) is 0 Å². The van der Waals surface area contributed by atoms with Gasteiger partial charge in [-0.1, -0.05) is 0 Å².